The third-order valence-electron chi connectivity index (χ3n) is 7.03. The molecule has 7 nitrogen and oxygen atoms in total. The van der Waals surface area contributed by atoms with E-state index in [1.165, 1.54) is 29.2 Å². The van der Waals surface area contributed by atoms with Gasteiger partial charge in [-0.25, -0.2) is 8.42 Å². The second-order valence-electron chi connectivity index (χ2n) is 10.4. The van der Waals surface area contributed by atoms with Crippen LogP contribution in [0, 0.1) is 13.8 Å². The van der Waals surface area contributed by atoms with Crippen LogP contribution >= 0.6 is 11.6 Å². The van der Waals surface area contributed by atoms with Gasteiger partial charge in [0, 0.05) is 24.5 Å². The summed E-state index contributed by atoms with van der Waals surface area (Å²) in [5.74, 6) is -0.817. The van der Waals surface area contributed by atoms with Gasteiger partial charge in [-0.1, -0.05) is 83.9 Å². The van der Waals surface area contributed by atoms with E-state index in [9.17, 15) is 18.0 Å². The third-order valence-corrected chi connectivity index (χ3v) is 9.07. The fourth-order valence-electron chi connectivity index (χ4n) is 4.90. The summed E-state index contributed by atoms with van der Waals surface area (Å²) in [6.45, 7) is 5.63. The normalized spacial score (nSPS) is 11.9. The number of nitrogens with zero attached hydrogens (tertiary/aromatic N) is 2. The van der Waals surface area contributed by atoms with Gasteiger partial charge in [0.15, 0.2) is 0 Å². The third kappa shape index (κ3) is 8.24. The average Bonchev–Trinajstić information content (AvgIpc) is 2.98. The summed E-state index contributed by atoms with van der Waals surface area (Å²) < 4.78 is 29.2. The molecule has 224 valence electrons. The van der Waals surface area contributed by atoms with E-state index in [0.717, 1.165) is 26.6 Å². The van der Waals surface area contributed by atoms with Crippen LogP contribution in [0.4, 0.5) is 5.69 Å². The molecule has 0 aromatic heterocycles. The van der Waals surface area contributed by atoms with Crippen molar-refractivity contribution in [2.75, 3.05) is 17.4 Å². The summed E-state index contributed by atoms with van der Waals surface area (Å²) in [6, 6.07) is 29.1. The fourth-order valence-corrected chi connectivity index (χ4v) is 6.43. The van der Waals surface area contributed by atoms with Crippen LogP contribution in [0.5, 0.6) is 0 Å². The Balaban J connectivity index is 1.80. The van der Waals surface area contributed by atoms with Crippen molar-refractivity contribution >= 4 is 39.1 Å². The molecule has 0 spiro atoms. The van der Waals surface area contributed by atoms with Gasteiger partial charge in [0.2, 0.25) is 11.8 Å². The lowest BCUT2D eigenvalue weighted by atomic mass is 10.0. The molecular formula is C34H36ClN3O4S. The Morgan fingerprint density at radius 2 is 1.44 bits per heavy atom. The molecule has 0 radical (unpaired) electrons. The lowest BCUT2D eigenvalue weighted by Crippen LogP contribution is -2.53. The van der Waals surface area contributed by atoms with Gasteiger partial charge < -0.3 is 10.2 Å². The zero-order valence-corrected chi connectivity index (χ0v) is 26.1. The van der Waals surface area contributed by atoms with Crippen molar-refractivity contribution in [3.05, 3.63) is 130 Å². The van der Waals surface area contributed by atoms with E-state index in [1.807, 2.05) is 81.4 Å². The Hall–Kier alpha value is -4.14. The van der Waals surface area contributed by atoms with E-state index < -0.39 is 28.5 Å². The maximum atomic E-state index is 14.4. The maximum Gasteiger partial charge on any atom is 0.264 e. The molecule has 4 aromatic carbocycles. The number of hydrogen-bond acceptors (Lipinski definition) is 4. The Bertz CT molecular complexity index is 1660. The highest BCUT2D eigenvalue weighted by atomic mass is 35.5. The van der Waals surface area contributed by atoms with E-state index in [2.05, 4.69) is 5.32 Å². The van der Waals surface area contributed by atoms with Gasteiger partial charge in [0.25, 0.3) is 10.0 Å². The molecule has 0 aliphatic rings. The van der Waals surface area contributed by atoms with E-state index in [4.69, 9.17) is 11.6 Å². The van der Waals surface area contributed by atoms with Crippen LogP contribution < -0.4 is 9.62 Å². The zero-order valence-electron chi connectivity index (χ0n) is 24.5. The summed E-state index contributed by atoms with van der Waals surface area (Å²) >= 11 is 6.04. The number of sulfonamides is 1. The molecule has 1 N–H and O–H groups in total. The molecule has 1 unspecified atom stereocenters. The van der Waals surface area contributed by atoms with E-state index in [1.54, 1.807) is 18.2 Å². The summed E-state index contributed by atoms with van der Waals surface area (Å²) in [4.78, 5) is 29.4. The smallest absolute Gasteiger partial charge is 0.264 e. The van der Waals surface area contributed by atoms with Crippen molar-refractivity contribution in [2.24, 2.45) is 0 Å². The highest BCUT2D eigenvalue weighted by Gasteiger charge is 2.34. The van der Waals surface area contributed by atoms with Gasteiger partial charge in [-0.3, -0.25) is 13.9 Å². The minimum Gasteiger partial charge on any atom is -0.355 e. The molecule has 0 saturated heterocycles. The number of amides is 2. The lowest BCUT2D eigenvalue weighted by molar-refractivity contribution is -0.140. The van der Waals surface area contributed by atoms with Crippen molar-refractivity contribution in [1.82, 2.24) is 10.2 Å². The number of aryl methyl sites for hydroxylation is 2. The molecule has 4 aromatic rings. The lowest BCUT2D eigenvalue weighted by Gasteiger charge is -2.34. The standard InChI is InChI=1S/C34H36ClN3O4S/c1-4-36-34(40)32(22-27-12-6-5-7-13-27)37(23-28-14-8-10-25(2)20-28)33(39)24-38(30-15-9-11-26(3)21-30)43(41,42)31-18-16-29(35)17-19-31/h5-21,32H,4,22-24H2,1-3H3,(H,36,40). The topological polar surface area (TPSA) is 86.8 Å². The number of nitrogens with one attached hydrogen (secondary N) is 1. The SMILES string of the molecule is CCNC(=O)C(Cc1ccccc1)N(Cc1cccc(C)c1)C(=O)CN(c1cccc(C)c1)S(=O)(=O)c1ccc(Cl)cc1. The van der Waals surface area contributed by atoms with Gasteiger partial charge in [-0.15, -0.1) is 0 Å². The predicted octanol–water partition coefficient (Wildman–Crippen LogP) is 5.93. The van der Waals surface area contributed by atoms with Crippen molar-refractivity contribution in [3.63, 3.8) is 0 Å². The van der Waals surface area contributed by atoms with Gasteiger partial charge >= 0.3 is 0 Å². The van der Waals surface area contributed by atoms with Crippen LogP contribution in [0.2, 0.25) is 5.02 Å². The number of likely N-dealkylation sites (N-methyl/N-ethyl adjacent to an activating group) is 1. The van der Waals surface area contributed by atoms with Gasteiger partial charge in [-0.2, -0.15) is 0 Å². The number of rotatable bonds is 12. The summed E-state index contributed by atoms with van der Waals surface area (Å²) in [5, 5.41) is 3.27. The molecule has 9 heteroatoms. The molecule has 4 rings (SSSR count). The van der Waals surface area contributed by atoms with Crippen molar-refractivity contribution in [3.8, 4) is 0 Å². The van der Waals surface area contributed by atoms with Crippen LogP contribution in [0.25, 0.3) is 0 Å². The maximum absolute atomic E-state index is 14.4. The van der Waals surface area contributed by atoms with Crippen LogP contribution in [-0.2, 0) is 32.6 Å². The van der Waals surface area contributed by atoms with Gasteiger partial charge in [0.1, 0.15) is 12.6 Å². The average molecular weight is 618 g/mol. The minimum absolute atomic E-state index is 0.000928. The number of carbonyl (C=O) groups is 2. The summed E-state index contributed by atoms with van der Waals surface area (Å²) in [7, 11) is -4.18. The molecule has 0 fully saturated rings. The van der Waals surface area contributed by atoms with Crippen molar-refractivity contribution < 1.29 is 18.0 Å². The highest BCUT2D eigenvalue weighted by Crippen LogP contribution is 2.27. The number of carbonyl (C=O) groups excluding carboxylic acids is 2. The molecule has 0 aliphatic carbocycles. The van der Waals surface area contributed by atoms with E-state index >= 15 is 0 Å². The monoisotopic (exact) mass is 617 g/mol. The second kappa shape index (κ2) is 14.4. The Morgan fingerprint density at radius 3 is 2.07 bits per heavy atom. The van der Waals surface area contributed by atoms with E-state index in [-0.39, 0.29) is 23.8 Å². The number of anilines is 1. The van der Waals surface area contributed by atoms with Crippen LogP contribution in [0.1, 0.15) is 29.2 Å². The molecular weight excluding hydrogens is 582 g/mol. The summed E-state index contributed by atoms with van der Waals surface area (Å²) in [6.07, 6.45) is 0.263. The molecule has 0 heterocycles. The van der Waals surface area contributed by atoms with Crippen LogP contribution in [-0.4, -0.2) is 44.3 Å². The quantitative estimate of drug-likeness (QED) is 0.214. The first-order valence-corrected chi connectivity index (χ1v) is 15.9. The van der Waals surface area contributed by atoms with Gasteiger partial charge in [-0.05, 0) is 73.9 Å². The molecule has 0 bridgehead atoms. The molecule has 2 amide bonds. The fraction of sp³-hybridized carbons (Fsp3) is 0.235. The summed E-state index contributed by atoms with van der Waals surface area (Å²) in [5.41, 5.74) is 3.90. The first kappa shape index (κ1) is 31.8. The zero-order chi connectivity index (χ0) is 31.0. The van der Waals surface area contributed by atoms with Gasteiger partial charge in [0.05, 0.1) is 10.6 Å². The largest absolute Gasteiger partial charge is 0.355 e. The van der Waals surface area contributed by atoms with Crippen LogP contribution in [0.3, 0.4) is 0 Å². The first-order valence-electron chi connectivity index (χ1n) is 14.1. The molecule has 0 saturated carbocycles. The Morgan fingerprint density at radius 1 is 0.814 bits per heavy atom. The van der Waals surface area contributed by atoms with Crippen molar-refractivity contribution in [2.45, 2.75) is 44.7 Å². The Labute approximate surface area is 259 Å². The highest BCUT2D eigenvalue weighted by molar-refractivity contribution is 7.92. The minimum atomic E-state index is -4.18. The molecule has 43 heavy (non-hydrogen) atoms. The predicted molar refractivity (Wildman–Crippen MR) is 172 cm³/mol. The van der Waals surface area contributed by atoms with E-state index in [0.29, 0.717) is 17.3 Å². The number of hydrogen-bond donors (Lipinski definition) is 1. The Kier molecular flexibility index (Phi) is 10.6. The first-order chi connectivity index (χ1) is 20.6. The molecule has 0 aliphatic heterocycles. The van der Waals surface area contributed by atoms with Crippen LogP contribution in [0.15, 0.2) is 108 Å². The number of benzene rings is 4. The number of halogens is 1. The second-order valence-corrected chi connectivity index (χ2v) is 12.7. The van der Waals surface area contributed by atoms with Crippen molar-refractivity contribution in [1.29, 1.82) is 0 Å². The molecule has 1 atom stereocenters.